The highest BCUT2D eigenvalue weighted by Crippen LogP contribution is 2.17. The first-order valence-corrected chi connectivity index (χ1v) is 6.54. The molecular formula is C10H16ClN3S. The molecule has 0 spiro atoms. The SMILES string of the molecule is CSCC(C)N(C)c1cc(C)nc(Cl)n1. The number of thioether (sulfide) groups is 1. The number of hydrogen-bond acceptors (Lipinski definition) is 4. The van der Waals surface area contributed by atoms with Crippen LogP contribution in [0.4, 0.5) is 5.82 Å². The van der Waals surface area contributed by atoms with Gasteiger partial charge in [0.15, 0.2) is 0 Å². The average Bonchev–Trinajstić information content (AvgIpc) is 2.15. The maximum Gasteiger partial charge on any atom is 0.224 e. The van der Waals surface area contributed by atoms with Gasteiger partial charge in [0, 0.05) is 30.6 Å². The van der Waals surface area contributed by atoms with Crippen molar-refractivity contribution in [3.63, 3.8) is 0 Å². The number of halogens is 1. The fraction of sp³-hybridized carbons (Fsp3) is 0.600. The molecule has 0 fully saturated rings. The van der Waals surface area contributed by atoms with Crippen LogP contribution in [0.2, 0.25) is 5.28 Å². The van der Waals surface area contributed by atoms with Gasteiger partial charge in [-0.1, -0.05) is 0 Å². The van der Waals surface area contributed by atoms with Gasteiger partial charge in [-0.2, -0.15) is 11.8 Å². The smallest absolute Gasteiger partial charge is 0.224 e. The lowest BCUT2D eigenvalue weighted by atomic mass is 10.3. The Labute approximate surface area is 100 Å². The van der Waals surface area contributed by atoms with Gasteiger partial charge < -0.3 is 4.90 Å². The van der Waals surface area contributed by atoms with Crippen molar-refractivity contribution < 1.29 is 0 Å². The first-order valence-electron chi connectivity index (χ1n) is 4.77. The van der Waals surface area contributed by atoms with E-state index in [1.165, 1.54) is 0 Å². The standard InChI is InChI=1S/C10H16ClN3S/c1-7-5-9(13-10(11)12-7)14(3)8(2)6-15-4/h5,8H,6H2,1-4H3. The molecule has 0 N–H and O–H groups in total. The Kier molecular flexibility index (Phi) is 4.67. The zero-order valence-corrected chi connectivity index (χ0v) is 11.1. The van der Waals surface area contributed by atoms with E-state index in [9.17, 15) is 0 Å². The van der Waals surface area contributed by atoms with E-state index in [2.05, 4.69) is 28.0 Å². The molecular weight excluding hydrogens is 230 g/mol. The van der Waals surface area contributed by atoms with E-state index in [0.29, 0.717) is 11.3 Å². The molecule has 1 aromatic heterocycles. The molecule has 1 rings (SSSR count). The van der Waals surface area contributed by atoms with Crippen LogP contribution in [0, 0.1) is 6.92 Å². The van der Waals surface area contributed by atoms with Gasteiger partial charge in [-0.25, -0.2) is 9.97 Å². The monoisotopic (exact) mass is 245 g/mol. The van der Waals surface area contributed by atoms with Crippen molar-refractivity contribution in [2.75, 3.05) is 24.0 Å². The van der Waals surface area contributed by atoms with Crippen LogP contribution >= 0.6 is 23.4 Å². The van der Waals surface area contributed by atoms with Gasteiger partial charge in [-0.15, -0.1) is 0 Å². The van der Waals surface area contributed by atoms with E-state index in [-0.39, 0.29) is 0 Å². The zero-order valence-electron chi connectivity index (χ0n) is 9.49. The van der Waals surface area contributed by atoms with Crippen LogP contribution in [-0.2, 0) is 0 Å². The van der Waals surface area contributed by atoms with Crippen molar-refractivity contribution >= 4 is 29.2 Å². The van der Waals surface area contributed by atoms with E-state index in [4.69, 9.17) is 11.6 Å². The lowest BCUT2D eigenvalue weighted by Crippen LogP contribution is -2.31. The molecule has 0 amide bonds. The number of nitrogens with zero attached hydrogens (tertiary/aromatic N) is 3. The number of aromatic nitrogens is 2. The number of hydrogen-bond donors (Lipinski definition) is 0. The zero-order chi connectivity index (χ0) is 11.4. The number of aryl methyl sites for hydroxylation is 1. The molecule has 0 radical (unpaired) electrons. The first kappa shape index (κ1) is 12.6. The molecule has 0 saturated heterocycles. The summed E-state index contributed by atoms with van der Waals surface area (Å²) in [5.41, 5.74) is 0.896. The summed E-state index contributed by atoms with van der Waals surface area (Å²) < 4.78 is 0. The van der Waals surface area contributed by atoms with Crippen LogP contribution in [0.5, 0.6) is 0 Å². The van der Waals surface area contributed by atoms with Crippen LogP contribution in [0.25, 0.3) is 0 Å². The Morgan fingerprint density at radius 3 is 2.73 bits per heavy atom. The Balaban J connectivity index is 2.85. The van der Waals surface area contributed by atoms with Crippen molar-refractivity contribution in [3.05, 3.63) is 17.0 Å². The molecule has 0 aromatic carbocycles. The van der Waals surface area contributed by atoms with Gasteiger partial charge in [0.05, 0.1) is 0 Å². The quantitative estimate of drug-likeness (QED) is 0.763. The van der Waals surface area contributed by atoms with E-state index in [1.807, 2.05) is 31.8 Å². The second kappa shape index (κ2) is 5.56. The minimum atomic E-state index is 0.313. The normalized spacial score (nSPS) is 12.6. The third kappa shape index (κ3) is 3.54. The van der Waals surface area contributed by atoms with Crippen molar-refractivity contribution in [1.82, 2.24) is 9.97 Å². The molecule has 0 bridgehead atoms. The van der Waals surface area contributed by atoms with E-state index in [1.54, 1.807) is 0 Å². The van der Waals surface area contributed by atoms with Crippen molar-refractivity contribution in [1.29, 1.82) is 0 Å². The largest absolute Gasteiger partial charge is 0.356 e. The maximum absolute atomic E-state index is 5.82. The third-order valence-electron chi connectivity index (χ3n) is 2.24. The summed E-state index contributed by atoms with van der Waals surface area (Å²) in [7, 11) is 2.03. The molecule has 1 aromatic rings. The third-order valence-corrected chi connectivity index (χ3v) is 3.23. The lowest BCUT2D eigenvalue weighted by Gasteiger charge is -2.25. The molecule has 1 unspecified atom stereocenters. The lowest BCUT2D eigenvalue weighted by molar-refractivity contribution is 0.750. The summed E-state index contributed by atoms with van der Waals surface area (Å²) in [5, 5.41) is 0.313. The molecule has 15 heavy (non-hydrogen) atoms. The van der Waals surface area contributed by atoms with Gasteiger partial charge in [0.2, 0.25) is 5.28 Å². The Morgan fingerprint density at radius 2 is 2.20 bits per heavy atom. The Hall–Kier alpha value is -0.480. The van der Waals surface area contributed by atoms with Crippen molar-refractivity contribution in [2.24, 2.45) is 0 Å². The second-order valence-electron chi connectivity index (χ2n) is 3.55. The second-order valence-corrected chi connectivity index (χ2v) is 4.80. The van der Waals surface area contributed by atoms with E-state index >= 15 is 0 Å². The minimum Gasteiger partial charge on any atom is -0.356 e. The summed E-state index contributed by atoms with van der Waals surface area (Å²) in [4.78, 5) is 10.4. The molecule has 1 heterocycles. The fourth-order valence-electron chi connectivity index (χ4n) is 1.28. The Morgan fingerprint density at radius 1 is 1.53 bits per heavy atom. The van der Waals surface area contributed by atoms with Gasteiger partial charge >= 0.3 is 0 Å². The van der Waals surface area contributed by atoms with Crippen molar-refractivity contribution in [3.8, 4) is 0 Å². The van der Waals surface area contributed by atoms with Crippen LogP contribution in [0.3, 0.4) is 0 Å². The summed E-state index contributed by atoms with van der Waals surface area (Å²) in [6.45, 7) is 4.09. The van der Waals surface area contributed by atoms with Crippen LogP contribution in [0.1, 0.15) is 12.6 Å². The molecule has 1 atom stereocenters. The molecule has 3 nitrogen and oxygen atoms in total. The molecule has 0 aliphatic heterocycles. The van der Waals surface area contributed by atoms with Gasteiger partial charge in [0.1, 0.15) is 5.82 Å². The van der Waals surface area contributed by atoms with E-state index < -0.39 is 0 Å². The summed E-state index contributed by atoms with van der Waals surface area (Å²) in [5.74, 6) is 1.95. The fourth-order valence-corrected chi connectivity index (χ4v) is 2.20. The summed E-state index contributed by atoms with van der Waals surface area (Å²) >= 11 is 7.64. The number of rotatable bonds is 4. The predicted octanol–water partition coefficient (Wildman–Crippen LogP) is 2.63. The molecule has 5 heteroatoms. The predicted molar refractivity (Wildman–Crippen MR) is 68.0 cm³/mol. The molecule has 0 aliphatic carbocycles. The maximum atomic E-state index is 5.82. The molecule has 84 valence electrons. The first-order chi connectivity index (χ1) is 7.04. The van der Waals surface area contributed by atoms with Gasteiger partial charge in [-0.05, 0) is 31.7 Å². The van der Waals surface area contributed by atoms with Crippen LogP contribution in [0.15, 0.2) is 6.07 Å². The molecule has 0 aliphatic rings. The Bertz CT molecular complexity index is 312. The number of anilines is 1. The van der Waals surface area contributed by atoms with Crippen LogP contribution < -0.4 is 4.90 Å². The minimum absolute atomic E-state index is 0.313. The van der Waals surface area contributed by atoms with E-state index in [0.717, 1.165) is 17.3 Å². The van der Waals surface area contributed by atoms with Gasteiger partial charge in [0.25, 0.3) is 0 Å². The molecule has 0 saturated carbocycles. The highest BCUT2D eigenvalue weighted by molar-refractivity contribution is 7.98. The van der Waals surface area contributed by atoms with Gasteiger partial charge in [-0.3, -0.25) is 0 Å². The highest BCUT2D eigenvalue weighted by atomic mass is 35.5. The summed E-state index contributed by atoms with van der Waals surface area (Å²) in [6.07, 6.45) is 2.10. The van der Waals surface area contributed by atoms with Crippen molar-refractivity contribution in [2.45, 2.75) is 19.9 Å². The highest BCUT2D eigenvalue weighted by Gasteiger charge is 2.11. The average molecular weight is 246 g/mol. The topological polar surface area (TPSA) is 29.0 Å². The summed E-state index contributed by atoms with van der Waals surface area (Å²) in [6, 6.07) is 2.38. The van der Waals surface area contributed by atoms with Crippen LogP contribution in [-0.4, -0.2) is 35.1 Å².